The summed E-state index contributed by atoms with van der Waals surface area (Å²) in [5, 5.41) is 5.03. The van der Waals surface area contributed by atoms with Crippen LogP contribution < -0.4 is 4.72 Å². The third-order valence-corrected chi connectivity index (χ3v) is 6.21. The molecule has 25 heavy (non-hydrogen) atoms. The molecule has 1 aliphatic carbocycles. The molecule has 2 aromatic rings. The van der Waals surface area contributed by atoms with Crippen LogP contribution in [0.4, 0.5) is 5.69 Å². The van der Waals surface area contributed by atoms with Gasteiger partial charge in [0.1, 0.15) is 4.90 Å². The van der Waals surface area contributed by atoms with Crippen molar-refractivity contribution in [3.05, 3.63) is 41.2 Å². The largest absolute Gasteiger partial charge is 0.278 e. The number of rotatable bonds is 4. The highest BCUT2D eigenvalue weighted by atomic mass is 35.5. The number of hydrogen-bond acceptors (Lipinski definition) is 3. The van der Waals surface area contributed by atoms with Crippen molar-refractivity contribution in [2.45, 2.75) is 62.8 Å². The van der Waals surface area contributed by atoms with Crippen LogP contribution in [0.3, 0.4) is 0 Å². The number of benzene rings is 1. The van der Waals surface area contributed by atoms with Crippen LogP contribution >= 0.6 is 11.6 Å². The fourth-order valence-electron chi connectivity index (χ4n) is 3.19. The van der Waals surface area contributed by atoms with Gasteiger partial charge in [0, 0.05) is 11.6 Å². The van der Waals surface area contributed by atoms with Gasteiger partial charge < -0.3 is 0 Å². The Morgan fingerprint density at radius 2 is 1.84 bits per heavy atom. The monoisotopic (exact) mass is 381 g/mol. The van der Waals surface area contributed by atoms with Gasteiger partial charge in [0.15, 0.2) is 0 Å². The summed E-state index contributed by atoms with van der Waals surface area (Å²) in [4.78, 5) is 0.229. The normalized spacial score (nSPS) is 16.3. The molecule has 7 heteroatoms. The van der Waals surface area contributed by atoms with Crippen LogP contribution in [0.25, 0.3) is 0 Å². The second-order valence-electron chi connectivity index (χ2n) is 7.60. The highest BCUT2D eigenvalue weighted by molar-refractivity contribution is 7.92. The van der Waals surface area contributed by atoms with E-state index in [2.05, 4.69) is 9.82 Å². The molecule has 0 unspecified atom stereocenters. The molecule has 1 aliphatic rings. The smallest absolute Gasteiger partial charge is 0.265 e. The van der Waals surface area contributed by atoms with Gasteiger partial charge in [-0.15, -0.1) is 0 Å². The SMILES string of the molecule is CC(C)(C)c1nn(C2CCCC2)cc1S(=O)(=O)Nc1ccccc1Cl. The number of halogens is 1. The number of nitrogens with one attached hydrogen (secondary N) is 1. The molecule has 3 rings (SSSR count). The van der Waals surface area contributed by atoms with Crippen molar-refractivity contribution < 1.29 is 8.42 Å². The maximum atomic E-state index is 13.0. The van der Waals surface area contributed by atoms with E-state index in [4.69, 9.17) is 11.6 Å². The fourth-order valence-corrected chi connectivity index (χ4v) is 4.86. The second-order valence-corrected chi connectivity index (χ2v) is 9.65. The van der Waals surface area contributed by atoms with E-state index in [1.165, 1.54) is 0 Å². The molecule has 1 saturated carbocycles. The molecule has 1 heterocycles. The number of sulfonamides is 1. The zero-order chi connectivity index (χ0) is 18.2. The maximum Gasteiger partial charge on any atom is 0.265 e. The number of anilines is 1. The Morgan fingerprint density at radius 1 is 1.20 bits per heavy atom. The van der Waals surface area contributed by atoms with E-state index in [0.29, 0.717) is 16.4 Å². The first-order valence-electron chi connectivity index (χ1n) is 8.55. The van der Waals surface area contributed by atoms with Crippen molar-refractivity contribution in [3.8, 4) is 0 Å². The third kappa shape index (κ3) is 3.85. The number of para-hydroxylation sites is 1. The van der Waals surface area contributed by atoms with Crippen LogP contribution in [0.2, 0.25) is 5.02 Å². The average molecular weight is 382 g/mol. The molecule has 1 aromatic carbocycles. The Bertz CT molecular complexity index is 863. The van der Waals surface area contributed by atoms with Gasteiger partial charge in [-0.2, -0.15) is 5.10 Å². The van der Waals surface area contributed by atoms with Crippen LogP contribution in [0.1, 0.15) is 58.2 Å². The molecule has 0 amide bonds. The summed E-state index contributed by atoms with van der Waals surface area (Å²) < 4.78 is 30.5. The molecule has 0 radical (unpaired) electrons. The van der Waals surface area contributed by atoms with Crippen molar-refractivity contribution in [1.29, 1.82) is 0 Å². The second kappa shape index (κ2) is 6.65. The van der Waals surface area contributed by atoms with Gasteiger partial charge in [0.2, 0.25) is 0 Å². The van der Waals surface area contributed by atoms with Gasteiger partial charge in [-0.1, -0.05) is 57.3 Å². The molecule has 1 aromatic heterocycles. The van der Waals surface area contributed by atoms with E-state index >= 15 is 0 Å². The van der Waals surface area contributed by atoms with E-state index in [0.717, 1.165) is 25.7 Å². The predicted molar refractivity (Wildman–Crippen MR) is 101 cm³/mol. The van der Waals surface area contributed by atoms with Gasteiger partial charge in [-0.3, -0.25) is 9.40 Å². The van der Waals surface area contributed by atoms with Gasteiger partial charge in [0.05, 0.1) is 22.4 Å². The van der Waals surface area contributed by atoms with Crippen molar-refractivity contribution in [2.75, 3.05) is 4.72 Å². The minimum Gasteiger partial charge on any atom is -0.278 e. The molecule has 0 aliphatic heterocycles. The number of hydrogen-bond donors (Lipinski definition) is 1. The number of nitrogens with zero attached hydrogens (tertiary/aromatic N) is 2. The Labute approximate surface area is 154 Å². The first-order chi connectivity index (χ1) is 11.7. The van der Waals surface area contributed by atoms with Crippen molar-refractivity contribution in [3.63, 3.8) is 0 Å². The molecule has 0 spiro atoms. The Hall–Kier alpha value is -1.53. The molecule has 1 N–H and O–H groups in total. The highest BCUT2D eigenvalue weighted by Crippen LogP contribution is 2.34. The first-order valence-corrected chi connectivity index (χ1v) is 10.4. The minimum absolute atomic E-state index is 0.229. The molecule has 0 saturated heterocycles. The van der Waals surface area contributed by atoms with Crippen molar-refractivity contribution in [2.24, 2.45) is 0 Å². The zero-order valence-corrected chi connectivity index (χ0v) is 16.4. The first kappa shape index (κ1) is 18.3. The summed E-state index contributed by atoms with van der Waals surface area (Å²) in [6.07, 6.45) is 6.09. The zero-order valence-electron chi connectivity index (χ0n) is 14.8. The van der Waals surface area contributed by atoms with Gasteiger partial charge >= 0.3 is 0 Å². The number of aromatic nitrogens is 2. The van der Waals surface area contributed by atoms with Crippen molar-refractivity contribution in [1.82, 2.24) is 9.78 Å². The predicted octanol–water partition coefficient (Wildman–Crippen LogP) is 4.75. The summed E-state index contributed by atoms with van der Waals surface area (Å²) in [7, 11) is -3.78. The lowest BCUT2D eigenvalue weighted by atomic mass is 9.92. The third-order valence-electron chi connectivity index (χ3n) is 4.52. The maximum absolute atomic E-state index is 13.0. The summed E-state index contributed by atoms with van der Waals surface area (Å²) in [6, 6.07) is 7.10. The van der Waals surface area contributed by atoms with Crippen molar-refractivity contribution >= 4 is 27.3 Å². The molecule has 0 atom stereocenters. The topological polar surface area (TPSA) is 64.0 Å². The minimum atomic E-state index is -3.78. The van der Waals surface area contributed by atoms with Gasteiger partial charge in [-0.05, 0) is 25.0 Å². The lowest BCUT2D eigenvalue weighted by Gasteiger charge is -2.18. The van der Waals surface area contributed by atoms with E-state index in [-0.39, 0.29) is 16.4 Å². The summed E-state index contributed by atoms with van der Waals surface area (Å²) in [6.45, 7) is 5.93. The van der Waals surface area contributed by atoms with Crippen LogP contribution in [-0.4, -0.2) is 18.2 Å². The summed E-state index contributed by atoms with van der Waals surface area (Å²) in [5.41, 5.74) is 0.575. The molecule has 5 nitrogen and oxygen atoms in total. The Kier molecular flexibility index (Phi) is 4.86. The summed E-state index contributed by atoms with van der Waals surface area (Å²) in [5.74, 6) is 0. The molecule has 136 valence electrons. The standard InChI is InChI=1S/C18H24ClN3O2S/c1-18(2,3)17-16(12-22(20-17)13-8-4-5-9-13)25(23,24)21-15-11-7-6-10-14(15)19/h6-7,10-13,21H,4-5,8-9H2,1-3H3. The lowest BCUT2D eigenvalue weighted by molar-refractivity contribution is 0.448. The van der Waals surface area contributed by atoms with E-state index in [1.54, 1.807) is 30.5 Å². The Morgan fingerprint density at radius 3 is 2.44 bits per heavy atom. The van der Waals surface area contributed by atoms with Crippen LogP contribution in [0.5, 0.6) is 0 Å². The summed E-state index contributed by atoms with van der Waals surface area (Å²) >= 11 is 6.11. The van der Waals surface area contributed by atoms with E-state index in [1.807, 2.05) is 25.5 Å². The average Bonchev–Trinajstić information content (AvgIpc) is 3.17. The van der Waals surface area contributed by atoms with E-state index in [9.17, 15) is 8.42 Å². The van der Waals surface area contributed by atoms with Crippen LogP contribution in [0, 0.1) is 0 Å². The lowest BCUT2D eigenvalue weighted by Crippen LogP contribution is -2.20. The quantitative estimate of drug-likeness (QED) is 0.831. The highest BCUT2D eigenvalue weighted by Gasteiger charge is 2.32. The van der Waals surface area contributed by atoms with Gasteiger partial charge in [0.25, 0.3) is 10.0 Å². The van der Waals surface area contributed by atoms with Crippen LogP contribution in [-0.2, 0) is 15.4 Å². The Balaban J connectivity index is 2.03. The molecular formula is C18H24ClN3O2S. The molecule has 0 bridgehead atoms. The molecule has 1 fully saturated rings. The van der Waals surface area contributed by atoms with Crippen LogP contribution in [0.15, 0.2) is 35.4 Å². The fraction of sp³-hybridized carbons (Fsp3) is 0.500. The molecular weight excluding hydrogens is 358 g/mol. The van der Waals surface area contributed by atoms with Gasteiger partial charge in [-0.25, -0.2) is 8.42 Å². The van der Waals surface area contributed by atoms with E-state index < -0.39 is 10.0 Å².